The van der Waals surface area contributed by atoms with Gasteiger partial charge in [-0.05, 0) is 83.5 Å². The van der Waals surface area contributed by atoms with E-state index < -0.39 is 6.10 Å². The van der Waals surface area contributed by atoms with Gasteiger partial charge in [0.1, 0.15) is 6.61 Å². The Kier molecular flexibility index (Phi) is 60.3. The summed E-state index contributed by atoms with van der Waals surface area (Å²) in [7, 11) is 0. The van der Waals surface area contributed by atoms with Crippen LogP contribution in [-0.4, -0.2) is 37.9 Å². The molecule has 0 spiro atoms. The molecule has 418 valence electrons. The van der Waals surface area contributed by atoms with Crippen LogP contribution in [0.2, 0.25) is 0 Å². The highest BCUT2D eigenvalue weighted by Crippen LogP contribution is 2.17. The van der Waals surface area contributed by atoms with Gasteiger partial charge in [-0.3, -0.25) is 9.59 Å². The summed E-state index contributed by atoms with van der Waals surface area (Å²) in [5, 5.41) is 0. The zero-order chi connectivity index (χ0) is 52.0. The van der Waals surface area contributed by atoms with Crippen molar-refractivity contribution in [2.45, 2.75) is 322 Å². The highest BCUT2D eigenvalue weighted by Gasteiger charge is 2.17. The number of hydrogen-bond acceptors (Lipinski definition) is 5. The van der Waals surface area contributed by atoms with E-state index in [1.165, 1.54) is 212 Å². The molecule has 0 N–H and O–H groups in total. The summed E-state index contributed by atoms with van der Waals surface area (Å²) in [6.45, 7) is 7.70. The van der Waals surface area contributed by atoms with Crippen molar-refractivity contribution in [1.82, 2.24) is 0 Å². The molecule has 1 unspecified atom stereocenters. The molecule has 0 aromatic heterocycles. The molecule has 0 heterocycles. The van der Waals surface area contributed by atoms with Crippen LogP contribution in [0.4, 0.5) is 0 Å². The SMILES string of the molecule is CC/C=C\C/C=C\C/C=C\C/C=C\C/C=C\CCCC(=O)OC(COCCCCCCCCCCCC/C=C\CCCCCCCC)COC(=O)CCCCCCCCCCCCCCCCCCCCC. The summed E-state index contributed by atoms with van der Waals surface area (Å²) >= 11 is 0. The van der Waals surface area contributed by atoms with Crippen molar-refractivity contribution in [3.8, 4) is 0 Å². The van der Waals surface area contributed by atoms with E-state index in [0.717, 1.165) is 70.6 Å². The zero-order valence-corrected chi connectivity index (χ0v) is 48.2. The molecule has 0 saturated heterocycles. The number of carbonyl (C=O) groups excluding carboxylic acids is 2. The molecular formula is C67H120O5. The van der Waals surface area contributed by atoms with E-state index in [1.54, 1.807) is 0 Å². The Morgan fingerprint density at radius 1 is 0.319 bits per heavy atom. The molecule has 0 radical (unpaired) electrons. The van der Waals surface area contributed by atoms with Gasteiger partial charge >= 0.3 is 11.9 Å². The van der Waals surface area contributed by atoms with Crippen LogP contribution in [-0.2, 0) is 23.8 Å². The second-order valence-electron chi connectivity index (χ2n) is 20.9. The lowest BCUT2D eigenvalue weighted by atomic mass is 10.0. The minimum atomic E-state index is -0.568. The third-order valence-corrected chi connectivity index (χ3v) is 13.7. The molecule has 0 aliphatic rings. The maximum Gasteiger partial charge on any atom is 0.306 e. The first-order valence-electron chi connectivity index (χ1n) is 31.5. The number of ether oxygens (including phenoxy) is 3. The predicted molar refractivity (Wildman–Crippen MR) is 316 cm³/mol. The van der Waals surface area contributed by atoms with Crippen LogP contribution in [0.25, 0.3) is 0 Å². The number of allylic oxidation sites excluding steroid dienone is 12. The number of unbranched alkanes of at least 4 members (excludes halogenated alkanes) is 35. The van der Waals surface area contributed by atoms with Crippen molar-refractivity contribution in [3.05, 3.63) is 72.9 Å². The van der Waals surface area contributed by atoms with Crippen molar-refractivity contribution in [1.29, 1.82) is 0 Å². The molecule has 72 heavy (non-hydrogen) atoms. The third kappa shape index (κ3) is 59.9. The van der Waals surface area contributed by atoms with Crippen LogP contribution >= 0.6 is 0 Å². The molecule has 5 nitrogen and oxygen atoms in total. The largest absolute Gasteiger partial charge is 0.462 e. The maximum absolute atomic E-state index is 12.9. The van der Waals surface area contributed by atoms with E-state index in [9.17, 15) is 9.59 Å². The molecule has 0 rings (SSSR count). The molecule has 5 heteroatoms. The lowest BCUT2D eigenvalue weighted by Gasteiger charge is -2.18. The van der Waals surface area contributed by atoms with E-state index in [0.29, 0.717) is 19.4 Å². The van der Waals surface area contributed by atoms with Gasteiger partial charge in [0, 0.05) is 19.4 Å². The van der Waals surface area contributed by atoms with Gasteiger partial charge in [0.25, 0.3) is 0 Å². The molecule has 0 bridgehead atoms. The van der Waals surface area contributed by atoms with E-state index in [2.05, 4.69) is 93.7 Å². The predicted octanol–water partition coefficient (Wildman–Crippen LogP) is 21.8. The highest BCUT2D eigenvalue weighted by molar-refractivity contribution is 5.70. The number of hydrogen-bond donors (Lipinski definition) is 0. The Morgan fingerprint density at radius 3 is 1.06 bits per heavy atom. The van der Waals surface area contributed by atoms with Crippen LogP contribution in [0.1, 0.15) is 316 Å². The minimum Gasteiger partial charge on any atom is -0.462 e. The molecule has 0 amide bonds. The fourth-order valence-electron chi connectivity index (χ4n) is 9.07. The Balaban J connectivity index is 4.31. The zero-order valence-electron chi connectivity index (χ0n) is 48.2. The van der Waals surface area contributed by atoms with Gasteiger partial charge in [-0.15, -0.1) is 0 Å². The van der Waals surface area contributed by atoms with Crippen molar-refractivity contribution in [2.75, 3.05) is 19.8 Å². The Bertz CT molecular complexity index is 1270. The molecule has 0 aromatic rings. The fraction of sp³-hybridized carbons (Fsp3) is 0.791. The molecule has 0 fully saturated rings. The standard InChI is InChI=1S/C67H120O5/c1-4-7-10-13-16-19-22-25-28-31-33-35-38-41-44-47-50-53-56-59-62-70-63-65(72-67(69)61-58-55-52-49-46-43-40-36-30-27-24-21-18-15-12-9-6-3)64-71-66(68)60-57-54-51-48-45-42-39-37-34-32-29-26-23-20-17-14-11-8-5-2/h9,12,18,21,25,27-28,30,40,43,49,52,65H,4-8,10-11,13-17,19-20,22-24,26,29,31-39,41-42,44-48,50-51,53-64H2,1-3H3/b12-9-,21-18-,28-25-,30-27-,43-40-,52-49-. The van der Waals surface area contributed by atoms with Gasteiger partial charge < -0.3 is 14.2 Å². The third-order valence-electron chi connectivity index (χ3n) is 13.7. The first kappa shape index (κ1) is 69.3. The van der Waals surface area contributed by atoms with Gasteiger partial charge in [-0.1, -0.05) is 293 Å². The van der Waals surface area contributed by atoms with Gasteiger partial charge in [0.15, 0.2) is 6.10 Å². The molecule has 0 aliphatic heterocycles. The van der Waals surface area contributed by atoms with E-state index in [1.807, 2.05) is 0 Å². The normalized spacial score (nSPS) is 12.7. The topological polar surface area (TPSA) is 61.8 Å². The van der Waals surface area contributed by atoms with Crippen LogP contribution in [0, 0.1) is 0 Å². The monoisotopic (exact) mass is 1000 g/mol. The van der Waals surface area contributed by atoms with E-state index in [4.69, 9.17) is 14.2 Å². The van der Waals surface area contributed by atoms with Gasteiger partial charge in [-0.25, -0.2) is 0 Å². The van der Waals surface area contributed by atoms with Crippen LogP contribution in [0.15, 0.2) is 72.9 Å². The Labute approximate surface area is 448 Å². The van der Waals surface area contributed by atoms with Gasteiger partial charge in [-0.2, -0.15) is 0 Å². The number of carbonyl (C=O) groups is 2. The molecule has 0 aromatic carbocycles. The minimum absolute atomic E-state index is 0.0639. The summed E-state index contributed by atoms with van der Waals surface area (Å²) in [6, 6.07) is 0. The van der Waals surface area contributed by atoms with Gasteiger partial charge in [0.05, 0.1) is 6.61 Å². The summed E-state index contributed by atoms with van der Waals surface area (Å²) < 4.78 is 17.5. The summed E-state index contributed by atoms with van der Waals surface area (Å²) in [6.07, 6.45) is 82.3. The van der Waals surface area contributed by atoms with Crippen LogP contribution in [0.5, 0.6) is 0 Å². The first-order chi connectivity index (χ1) is 35.6. The molecule has 1 atom stereocenters. The molecule has 0 saturated carbocycles. The van der Waals surface area contributed by atoms with E-state index in [-0.39, 0.29) is 25.2 Å². The Hall–Kier alpha value is -2.66. The van der Waals surface area contributed by atoms with E-state index >= 15 is 0 Å². The smallest absolute Gasteiger partial charge is 0.306 e. The van der Waals surface area contributed by atoms with Crippen LogP contribution in [0.3, 0.4) is 0 Å². The van der Waals surface area contributed by atoms with Crippen molar-refractivity contribution in [3.63, 3.8) is 0 Å². The second kappa shape index (κ2) is 62.6. The lowest BCUT2D eigenvalue weighted by Crippen LogP contribution is -2.30. The highest BCUT2D eigenvalue weighted by atomic mass is 16.6. The lowest BCUT2D eigenvalue weighted by molar-refractivity contribution is -0.162. The fourth-order valence-corrected chi connectivity index (χ4v) is 9.07. The van der Waals surface area contributed by atoms with Gasteiger partial charge in [0.2, 0.25) is 0 Å². The van der Waals surface area contributed by atoms with Crippen molar-refractivity contribution in [2.24, 2.45) is 0 Å². The first-order valence-corrected chi connectivity index (χ1v) is 31.5. The quantitative estimate of drug-likeness (QED) is 0.0345. The average Bonchev–Trinajstić information content (AvgIpc) is 3.38. The van der Waals surface area contributed by atoms with Crippen LogP contribution < -0.4 is 0 Å². The second-order valence-corrected chi connectivity index (χ2v) is 20.9. The summed E-state index contributed by atoms with van der Waals surface area (Å²) in [5.74, 6) is -0.450. The number of rotatable bonds is 58. The average molecular weight is 1010 g/mol. The molecular weight excluding hydrogens is 885 g/mol. The van der Waals surface area contributed by atoms with Crippen molar-refractivity contribution >= 4 is 11.9 Å². The summed E-state index contributed by atoms with van der Waals surface area (Å²) in [4.78, 5) is 25.6. The summed E-state index contributed by atoms with van der Waals surface area (Å²) in [5.41, 5.74) is 0. The number of esters is 2. The molecule has 0 aliphatic carbocycles. The van der Waals surface area contributed by atoms with Crippen molar-refractivity contribution < 1.29 is 23.8 Å². The maximum atomic E-state index is 12.9. The Morgan fingerprint density at radius 2 is 0.639 bits per heavy atom.